The van der Waals surface area contributed by atoms with Crippen LogP contribution in [0, 0.1) is 13.8 Å². The molecule has 0 radical (unpaired) electrons. The standard InChI is InChI=1S/C20H16F3NO2/c1-12-5-3-6-13(2)18(12)24-19(25)17-10-9-16(26-17)14-7-4-8-15(11-14)20(21,22)23/h3-11H,1-2H3,(H,24,25). The second-order valence-corrected chi connectivity index (χ2v) is 5.96. The summed E-state index contributed by atoms with van der Waals surface area (Å²) in [5.41, 5.74) is 1.99. The fraction of sp³-hybridized carbons (Fsp3) is 0.150. The van der Waals surface area contributed by atoms with E-state index >= 15 is 0 Å². The van der Waals surface area contributed by atoms with Gasteiger partial charge in [0.1, 0.15) is 5.76 Å². The van der Waals surface area contributed by atoms with Gasteiger partial charge in [0.2, 0.25) is 0 Å². The minimum Gasteiger partial charge on any atom is -0.451 e. The predicted octanol–water partition coefficient (Wildman–Crippen LogP) is 5.83. The van der Waals surface area contributed by atoms with E-state index in [-0.39, 0.29) is 17.1 Å². The number of hydrogen-bond acceptors (Lipinski definition) is 2. The number of carbonyl (C=O) groups excluding carboxylic acids is 1. The molecule has 3 rings (SSSR count). The number of benzene rings is 2. The summed E-state index contributed by atoms with van der Waals surface area (Å²) < 4.78 is 44.0. The number of aryl methyl sites for hydroxylation is 2. The van der Waals surface area contributed by atoms with Crippen LogP contribution < -0.4 is 5.32 Å². The molecule has 6 heteroatoms. The van der Waals surface area contributed by atoms with Crippen molar-refractivity contribution < 1.29 is 22.4 Å². The molecule has 3 aromatic rings. The number of para-hydroxylation sites is 1. The van der Waals surface area contributed by atoms with E-state index in [9.17, 15) is 18.0 Å². The van der Waals surface area contributed by atoms with Gasteiger partial charge in [-0.25, -0.2) is 0 Å². The maximum Gasteiger partial charge on any atom is 0.416 e. The van der Waals surface area contributed by atoms with Crippen molar-refractivity contribution in [2.45, 2.75) is 20.0 Å². The second-order valence-electron chi connectivity index (χ2n) is 5.96. The average Bonchev–Trinajstić information content (AvgIpc) is 3.08. The minimum atomic E-state index is -4.44. The molecular formula is C20H16F3NO2. The number of carbonyl (C=O) groups is 1. The van der Waals surface area contributed by atoms with Gasteiger partial charge in [-0.3, -0.25) is 4.79 Å². The van der Waals surface area contributed by atoms with E-state index in [0.717, 1.165) is 23.3 Å². The normalized spacial score (nSPS) is 11.4. The highest BCUT2D eigenvalue weighted by Crippen LogP contribution is 2.32. The van der Waals surface area contributed by atoms with Crippen LogP contribution >= 0.6 is 0 Å². The molecule has 0 atom stereocenters. The van der Waals surface area contributed by atoms with Gasteiger partial charge in [0.15, 0.2) is 5.76 Å². The third kappa shape index (κ3) is 3.64. The van der Waals surface area contributed by atoms with Crippen molar-refractivity contribution in [1.29, 1.82) is 0 Å². The Kier molecular flexibility index (Phi) is 4.59. The topological polar surface area (TPSA) is 42.2 Å². The van der Waals surface area contributed by atoms with Crippen LogP contribution in [0.5, 0.6) is 0 Å². The second kappa shape index (κ2) is 6.71. The molecule has 1 amide bonds. The lowest BCUT2D eigenvalue weighted by atomic mass is 10.1. The van der Waals surface area contributed by atoms with Crippen molar-refractivity contribution in [3.63, 3.8) is 0 Å². The van der Waals surface area contributed by atoms with Crippen LogP contribution in [0.15, 0.2) is 59.0 Å². The average molecular weight is 359 g/mol. The number of anilines is 1. The van der Waals surface area contributed by atoms with Gasteiger partial charge in [-0.2, -0.15) is 13.2 Å². The molecule has 0 aliphatic carbocycles. The Hall–Kier alpha value is -3.02. The lowest BCUT2D eigenvalue weighted by molar-refractivity contribution is -0.137. The van der Waals surface area contributed by atoms with Gasteiger partial charge in [0.25, 0.3) is 5.91 Å². The molecule has 1 aromatic heterocycles. The molecule has 0 fully saturated rings. The predicted molar refractivity (Wildman–Crippen MR) is 93.0 cm³/mol. The van der Waals surface area contributed by atoms with Crippen molar-refractivity contribution in [3.05, 3.63) is 77.0 Å². The highest BCUT2D eigenvalue weighted by atomic mass is 19.4. The molecule has 0 bridgehead atoms. The summed E-state index contributed by atoms with van der Waals surface area (Å²) in [5, 5.41) is 2.78. The van der Waals surface area contributed by atoms with E-state index in [2.05, 4.69) is 5.32 Å². The van der Waals surface area contributed by atoms with Gasteiger partial charge >= 0.3 is 6.18 Å². The van der Waals surface area contributed by atoms with E-state index in [1.165, 1.54) is 24.3 Å². The minimum absolute atomic E-state index is 0.0278. The molecule has 0 unspecified atom stereocenters. The third-order valence-electron chi connectivity index (χ3n) is 4.02. The Morgan fingerprint density at radius 2 is 1.62 bits per heavy atom. The van der Waals surface area contributed by atoms with Gasteiger partial charge in [0.05, 0.1) is 5.56 Å². The Morgan fingerprint density at radius 3 is 2.27 bits per heavy atom. The Morgan fingerprint density at radius 1 is 0.962 bits per heavy atom. The highest BCUT2D eigenvalue weighted by Gasteiger charge is 2.30. The highest BCUT2D eigenvalue weighted by molar-refractivity contribution is 6.03. The molecule has 0 spiro atoms. The fourth-order valence-corrected chi connectivity index (χ4v) is 2.65. The number of nitrogens with one attached hydrogen (secondary N) is 1. The number of amides is 1. The molecule has 134 valence electrons. The van der Waals surface area contributed by atoms with Crippen LogP contribution in [0.2, 0.25) is 0 Å². The van der Waals surface area contributed by atoms with Crippen LogP contribution in [0.1, 0.15) is 27.2 Å². The molecule has 26 heavy (non-hydrogen) atoms. The van der Waals surface area contributed by atoms with Crippen molar-refractivity contribution in [3.8, 4) is 11.3 Å². The Labute approximate surface area is 148 Å². The summed E-state index contributed by atoms with van der Waals surface area (Å²) in [6, 6.07) is 13.3. The lowest BCUT2D eigenvalue weighted by Crippen LogP contribution is -2.12. The van der Waals surface area contributed by atoms with E-state index in [4.69, 9.17) is 4.42 Å². The lowest BCUT2D eigenvalue weighted by Gasteiger charge is -2.10. The van der Waals surface area contributed by atoms with Crippen LogP contribution in [-0.4, -0.2) is 5.91 Å². The number of furan rings is 1. The van der Waals surface area contributed by atoms with Crippen LogP contribution in [0.4, 0.5) is 18.9 Å². The number of rotatable bonds is 3. The molecular weight excluding hydrogens is 343 g/mol. The van der Waals surface area contributed by atoms with E-state index in [1.54, 1.807) is 0 Å². The zero-order valence-corrected chi connectivity index (χ0v) is 14.1. The Balaban J connectivity index is 1.85. The smallest absolute Gasteiger partial charge is 0.416 e. The first-order chi connectivity index (χ1) is 12.3. The SMILES string of the molecule is Cc1cccc(C)c1NC(=O)c1ccc(-c2cccc(C(F)(F)F)c2)o1. The summed E-state index contributed by atoms with van der Waals surface area (Å²) in [6.07, 6.45) is -4.44. The van der Waals surface area contributed by atoms with Gasteiger partial charge in [-0.1, -0.05) is 30.3 Å². The molecule has 3 nitrogen and oxygen atoms in total. The fourth-order valence-electron chi connectivity index (χ4n) is 2.65. The summed E-state index contributed by atoms with van der Waals surface area (Å²) in [6.45, 7) is 3.75. The summed E-state index contributed by atoms with van der Waals surface area (Å²) in [5.74, 6) is -0.233. The number of hydrogen-bond donors (Lipinski definition) is 1. The van der Waals surface area contributed by atoms with Gasteiger partial charge in [-0.05, 0) is 49.2 Å². The molecule has 0 aliphatic rings. The molecule has 2 aromatic carbocycles. The van der Waals surface area contributed by atoms with E-state index < -0.39 is 17.6 Å². The first-order valence-electron chi connectivity index (χ1n) is 7.91. The van der Waals surface area contributed by atoms with Crippen molar-refractivity contribution in [2.75, 3.05) is 5.32 Å². The van der Waals surface area contributed by atoms with E-state index in [0.29, 0.717) is 5.69 Å². The molecule has 0 saturated carbocycles. The molecule has 0 saturated heterocycles. The summed E-state index contributed by atoms with van der Waals surface area (Å²) in [4.78, 5) is 12.4. The van der Waals surface area contributed by atoms with Crippen LogP contribution in [0.3, 0.4) is 0 Å². The number of halogens is 3. The quantitative estimate of drug-likeness (QED) is 0.639. The Bertz CT molecular complexity index is 937. The monoisotopic (exact) mass is 359 g/mol. The van der Waals surface area contributed by atoms with Crippen molar-refractivity contribution in [1.82, 2.24) is 0 Å². The van der Waals surface area contributed by atoms with Crippen LogP contribution in [-0.2, 0) is 6.18 Å². The molecule has 1 N–H and O–H groups in total. The zero-order chi connectivity index (χ0) is 18.9. The van der Waals surface area contributed by atoms with E-state index in [1.807, 2.05) is 32.0 Å². The number of alkyl halides is 3. The first kappa shape index (κ1) is 17.8. The first-order valence-corrected chi connectivity index (χ1v) is 7.91. The maximum atomic E-state index is 12.8. The maximum absolute atomic E-state index is 12.8. The molecule has 0 aliphatic heterocycles. The summed E-state index contributed by atoms with van der Waals surface area (Å²) in [7, 11) is 0. The van der Waals surface area contributed by atoms with Crippen LogP contribution in [0.25, 0.3) is 11.3 Å². The van der Waals surface area contributed by atoms with Gasteiger partial charge < -0.3 is 9.73 Å². The largest absolute Gasteiger partial charge is 0.451 e. The van der Waals surface area contributed by atoms with Crippen molar-refractivity contribution in [2.24, 2.45) is 0 Å². The van der Waals surface area contributed by atoms with Crippen molar-refractivity contribution >= 4 is 11.6 Å². The summed E-state index contributed by atoms with van der Waals surface area (Å²) >= 11 is 0. The zero-order valence-electron chi connectivity index (χ0n) is 14.1. The molecule has 1 heterocycles. The van der Waals surface area contributed by atoms with Gasteiger partial charge in [-0.15, -0.1) is 0 Å². The third-order valence-corrected chi connectivity index (χ3v) is 4.02. The van der Waals surface area contributed by atoms with Gasteiger partial charge in [0, 0.05) is 11.3 Å².